The number of anilines is 1. The van der Waals surface area contributed by atoms with Crippen LogP contribution in [0.5, 0.6) is 11.5 Å². The van der Waals surface area contributed by atoms with E-state index in [4.69, 9.17) is 9.47 Å². The molecule has 0 saturated heterocycles. The van der Waals surface area contributed by atoms with Crippen LogP contribution in [0.4, 0.5) is 5.69 Å². The van der Waals surface area contributed by atoms with Crippen LogP contribution in [-0.2, 0) is 11.3 Å². The van der Waals surface area contributed by atoms with E-state index in [9.17, 15) is 4.79 Å². The Morgan fingerprint density at radius 3 is 3.14 bits per heavy atom. The van der Waals surface area contributed by atoms with E-state index in [-0.39, 0.29) is 18.5 Å². The van der Waals surface area contributed by atoms with Gasteiger partial charge in [-0.3, -0.25) is 4.79 Å². The lowest BCUT2D eigenvalue weighted by Crippen LogP contribution is -2.14. The summed E-state index contributed by atoms with van der Waals surface area (Å²) in [4.78, 5) is 12.0. The van der Waals surface area contributed by atoms with Crippen molar-refractivity contribution in [2.75, 3.05) is 17.9 Å². The molecule has 116 valence electrons. The number of hydrogen-bond donors (Lipinski definition) is 1. The summed E-state index contributed by atoms with van der Waals surface area (Å²) in [5, 5.41) is 14.9. The van der Waals surface area contributed by atoms with Gasteiger partial charge < -0.3 is 14.8 Å². The Bertz CT molecular complexity index is 675. The van der Waals surface area contributed by atoms with E-state index in [1.807, 2.05) is 6.92 Å². The number of carbonyl (C=O) groups is 1. The number of tetrazole rings is 1. The van der Waals surface area contributed by atoms with Crippen molar-refractivity contribution >= 4 is 23.4 Å². The van der Waals surface area contributed by atoms with Crippen LogP contribution >= 0.6 is 11.8 Å². The number of rotatable bonds is 6. The molecular formula is C13H15N5O3S. The number of carbonyl (C=O) groups excluding carboxylic acids is 1. The molecule has 3 rings (SSSR count). The van der Waals surface area contributed by atoms with Gasteiger partial charge in [0.15, 0.2) is 11.5 Å². The lowest BCUT2D eigenvalue weighted by molar-refractivity contribution is -0.113. The maximum atomic E-state index is 12.0. The molecule has 0 atom stereocenters. The zero-order valence-electron chi connectivity index (χ0n) is 12.0. The van der Waals surface area contributed by atoms with Crippen LogP contribution in [0.15, 0.2) is 23.4 Å². The highest BCUT2D eigenvalue weighted by molar-refractivity contribution is 7.99. The molecule has 1 aromatic carbocycles. The first kappa shape index (κ1) is 14.6. The molecule has 2 heterocycles. The largest absolute Gasteiger partial charge is 0.454 e. The Morgan fingerprint density at radius 1 is 1.41 bits per heavy atom. The van der Waals surface area contributed by atoms with Crippen LogP contribution in [0.3, 0.4) is 0 Å². The molecule has 22 heavy (non-hydrogen) atoms. The van der Waals surface area contributed by atoms with E-state index >= 15 is 0 Å². The summed E-state index contributed by atoms with van der Waals surface area (Å²) in [6.07, 6.45) is 0.933. The number of fused-ring (bicyclic) bond motifs is 1. The van der Waals surface area contributed by atoms with Crippen molar-refractivity contribution in [1.82, 2.24) is 20.2 Å². The lowest BCUT2D eigenvalue weighted by Gasteiger charge is -2.06. The molecule has 0 fully saturated rings. The van der Waals surface area contributed by atoms with Crippen molar-refractivity contribution in [3.63, 3.8) is 0 Å². The Balaban J connectivity index is 1.55. The molecule has 1 amide bonds. The third kappa shape index (κ3) is 3.30. The zero-order chi connectivity index (χ0) is 15.4. The van der Waals surface area contributed by atoms with Crippen LogP contribution in [0, 0.1) is 0 Å². The van der Waals surface area contributed by atoms with Crippen LogP contribution < -0.4 is 14.8 Å². The van der Waals surface area contributed by atoms with Gasteiger partial charge in [-0.1, -0.05) is 18.7 Å². The van der Waals surface area contributed by atoms with Crippen molar-refractivity contribution in [3.05, 3.63) is 18.2 Å². The minimum absolute atomic E-state index is 0.130. The summed E-state index contributed by atoms with van der Waals surface area (Å²) in [7, 11) is 0. The van der Waals surface area contributed by atoms with Crippen LogP contribution in [-0.4, -0.2) is 38.7 Å². The van der Waals surface area contributed by atoms with Crippen molar-refractivity contribution in [2.24, 2.45) is 0 Å². The molecule has 1 N–H and O–H groups in total. The fraction of sp³-hybridized carbons (Fsp3) is 0.385. The number of ether oxygens (including phenoxy) is 2. The molecule has 0 bridgehead atoms. The lowest BCUT2D eigenvalue weighted by atomic mass is 10.3. The molecular weight excluding hydrogens is 306 g/mol. The van der Waals surface area contributed by atoms with E-state index in [1.54, 1.807) is 22.9 Å². The standard InChI is InChI=1S/C13H15N5O3S/c1-2-5-18-13(15-16-17-18)22-7-12(19)14-9-3-4-10-11(6-9)21-8-20-10/h3-4,6H,2,5,7-8H2,1H3,(H,14,19). The van der Waals surface area contributed by atoms with Gasteiger partial charge >= 0.3 is 0 Å². The average Bonchev–Trinajstić information content (AvgIpc) is 3.14. The third-order valence-corrected chi connectivity index (χ3v) is 3.88. The Hall–Kier alpha value is -2.29. The minimum atomic E-state index is -0.130. The summed E-state index contributed by atoms with van der Waals surface area (Å²) >= 11 is 1.31. The summed E-state index contributed by atoms with van der Waals surface area (Å²) in [6.45, 7) is 2.99. The summed E-state index contributed by atoms with van der Waals surface area (Å²) < 4.78 is 12.2. The molecule has 0 saturated carbocycles. The number of benzene rings is 1. The SMILES string of the molecule is CCCn1nnnc1SCC(=O)Nc1ccc2c(c1)OCO2. The second-order valence-corrected chi connectivity index (χ2v) is 5.53. The predicted octanol–water partition coefficient (Wildman–Crippen LogP) is 1.54. The van der Waals surface area contributed by atoms with Gasteiger partial charge in [0.25, 0.3) is 0 Å². The Kier molecular flexibility index (Phi) is 4.42. The monoisotopic (exact) mass is 321 g/mol. The number of hydrogen-bond acceptors (Lipinski definition) is 7. The molecule has 9 heteroatoms. The van der Waals surface area contributed by atoms with Gasteiger partial charge in [-0.2, -0.15) is 0 Å². The summed E-state index contributed by atoms with van der Waals surface area (Å²) in [6, 6.07) is 5.29. The smallest absolute Gasteiger partial charge is 0.234 e. The second-order valence-electron chi connectivity index (χ2n) is 4.59. The first-order valence-electron chi connectivity index (χ1n) is 6.84. The third-order valence-electron chi connectivity index (χ3n) is 2.92. The molecule has 0 aliphatic carbocycles. The molecule has 0 spiro atoms. The molecule has 0 radical (unpaired) electrons. The van der Waals surface area contributed by atoms with Crippen molar-refractivity contribution in [3.8, 4) is 11.5 Å². The van der Waals surface area contributed by atoms with E-state index in [1.165, 1.54) is 11.8 Å². The fourth-order valence-corrected chi connectivity index (χ4v) is 2.66. The van der Waals surface area contributed by atoms with Crippen molar-refractivity contribution < 1.29 is 14.3 Å². The summed E-state index contributed by atoms with van der Waals surface area (Å²) in [5.41, 5.74) is 0.669. The van der Waals surface area contributed by atoms with E-state index in [2.05, 4.69) is 20.8 Å². The minimum Gasteiger partial charge on any atom is -0.454 e. The normalized spacial score (nSPS) is 12.4. The number of amides is 1. The number of nitrogens with one attached hydrogen (secondary N) is 1. The maximum Gasteiger partial charge on any atom is 0.234 e. The predicted molar refractivity (Wildman–Crippen MR) is 80.0 cm³/mol. The van der Waals surface area contributed by atoms with Gasteiger partial charge in [0, 0.05) is 18.3 Å². The highest BCUT2D eigenvalue weighted by atomic mass is 32.2. The maximum absolute atomic E-state index is 12.0. The molecule has 8 nitrogen and oxygen atoms in total. The Morgan fingerprint density at radius 2 is 2.27 bits per heavy atom. The van der Waals surface area contributed by atoms with Gasteiger partial charge in [-0.15, -0.1) is 5.10 Å². The van der Waals surface area contributed by atoms with Gasteiger partial charge in [0.05, 0.1) is 5.75 Å². The zero-order valence-corrected chi connectivity index (χ0v) is 12.8. The van der Waals surface area contributed by atoms with Crippen LogP contribution in [0.25, 0.3) is 0 Å². The summed E-state index contributed by atoms with van der Waals surface area (Å²) in [5.74, 6) is 1.43. The average molecular weight is 321 g/mol. The molecule has 1 aromatic heterocycles. The van der Waals surface area contributed by atoms with E-state index in [0.29, 0.717) is 22.3 Å². The van der Waals surface area contributed by atoms with Crippen molar-refractivity contribution in [1.29, 1.82) is 0 Å². The second kappa shape index (κ2) is 6.65. The first-order valence-corrected chi connectivity index (χ1v) is 7.83. The van der Waals surface area contributed by atoms with E-state index < -0.39 is 0 Å². The number of aryl methyl sites for hydroxylation is 1. The number of nitrogens with zero attached hydrogens (tertiary/aromatic N) is 4. The highest BCUT2D eigenvalue weighted by Gasteiger charge is 2.15. The first-order chi connectivity index (χ1) is 10.8. The van der Waals surface area contributed by atoms with Crippen LogP contribution in [0.2, 0.25) is 0 Å². The van der Waals surface area contributed by atoms with Gasteiger partial charge in [0.2, 0.25) is 17.9 Å². The van der Waals surface area contributed by atoms with E-state index in [0.717, 1.165) is 13.0 Å². The van der Waals surface area contributed by atoms with Crippen LogP contribution in [0.1, 0.15) is 13.3 Å². The van der Waals surface area contributed by atoms with Gasteiger partial charge in [-0.05, 0) is 29.0 Å². The van der Waals surface area contributed by atoms with Gasteiger partial charge in [-0.25, -0.2) is 4.68 Å². The van der Waals surface area contributed by atoms with Gasteiger partial charge in [0.1, 0.15) is 0 Å². The molecule has 0 unspecified atom stereocenters. The fourth-order valence-electron chi connectivity index (χ4n) is 1.95. The quantitative estimate of drug-likeness (QED) is 0.807. The van der Waals surface area contributed by atoms with Crippen molar-refractivity contribution in [2.45, 2.75) is 25.0 Å². The topological polar surface area (TPSA) is 91.2 Å². The molecule has 1 aliphatic heterocycles. The number of thioether (sulfide) groups is 1. The molecule has 2 aromatic rings. The Labute approximate surface area is 131 Å². The highest BCUT2D eigenvalue weighted by Crippen LogP contribution is 2.34. The number of aromatic nitrogens is 4. The molecule has 1 aliphatic rings.